The van der Waals surface area contributed by atoms with Gasteiger partial charge in [-0.1, -0.05) is 18.5 Å². The fourth-order valence-electron chi connectivity index (χ4n) is 1.31. The van der Waals surface area contributed by atoms with Crippen LogP contribution < -0.4 is 5.32 Å². The Hall–Kier alpha value is -0.540. The third-order valence-corrected chi connectivity index (χ3v) is 2.51. The number of hydrogen-bond acceptors (Lipinski definition) is 2. The van der Waals surface area contributed by atoms with Gasteiger partial charge in [-0.25, -0.2) is 0 Å². The van der Waals surface area contributed by atoms with Gasteiger partial charge in [-0.05, 0) is 20.4 Å². The van der Waals surface area contributed by atoms with Crippen molar-refractivity contribution in [2.75, 3.05) is 13.6 Å². The Bertz CT molecular complexity index is 250. The van der Waals surface area contributed by atoms with Crippen molar-refractivity contribution in [3.63, 3.8) is 0 Å². The Morgan fingerprint density at radius 1 is 1.69 bits per heavy atom. The average Bonchev–Trinajstić information content (AvgIpc) is 2.43. The molecule has 1 unspecified atom stereocenters. The monoisotopic (exact) mass is 201 g/mol. The lowest BCUT2D eigenvalue weighted by molar-refractivity contribution is 0.423. The minimum absolute atomic E-state index is 0.399. The quantitative estimate of drug-likeness (QED) is 0.808. The minimum Gasteiger partial charge on any atom is -0.318 e. The highest BCUT2D eigenvalue weighted by molar-refractivity contribution is 6.31. The number of halogens is 1. The molecule has 74 valence electrons. The number of likely N-dealkylation sites (N-methyl/N-ethyl adjacent to an activating group) is 1. The number of aryl methyl sites for hydroxylation is 1. The first-order valence-electron chi connectivity index (χ1n) is 4.54. The van der Waals surface area contributed by atoms with Crippen LogP contribution in [0.5, 0.6) is 0 Å². The summed E-state index contributed by atoms with van der Waals surface area (Å²) in [5.41, 5.74) is 0.899. The summed E-state index contributed by atoms with van der Waals surface area (Å²) in [5, 5.41) is 8.23. The van der Waals surface area contributed by atoms with Gasteiger partial charge in [0.15, 0.2) is 0 Å². The minimum atomic E-state index is 0.399. The number of rotatable bonds is 4. The van der Waals surface area contributed by atoms with E-state index in [-0.39, 0.29) is 0 Å². The molecule has 0 fully saturated rings. The van der Waals surface area contributed by atoms with Gasteiger partial charge in [0, 0.05) is 12.7 Å². The van der Waals surface area contributed by atoms with Crippen LogP contribution in [0.25, 0.3) is 0 Å². The molecule has 1 atom stereocenters. The zero-order valence-corrected chi connectivity index (χ0v) is 9.10. The zero-order valence-electron chi connectivity index (χ0n) is 8.34. The highest BCUT2D eigenvalue weighted by Gasteiger charge is 2.10. The molecule has 0 aliphatic heterocycles. The van der Waals surface area contributed by atoms with E-state index in [2.05, 4.69) is 17.3 Å². The Morgan fingerprint density at radius 2 is 2.38 bits per heavy atom. The van der Waals surface area contributed by atoms with Crippen LogP contribution in [0.15, 0.2) is 6.20 Å². The van der Waals surface area contributed by atoms with Gasteiger partial charge in [-0.15, -0.1) is 0 Å². The first-order chi connectivity index (χ1) is 6.19. The lowest BCUT2D eigenvalue weighted by Gasteiger charge is -2.14. The Balaban J connectivity index is 2.78. The van der Waals surface area contributed by atoms with E-state index < -0.39 is 0 Å². The largest absolute Gasteiger partial charge is 0.318 e. The molecule has 0 aliphatic rings. The molecule has 1 rings (SSSR count). The fraction of sp³-hybridized carbons (Fsp3) is 0.667. The van der Waals surface area contributed by atoms with E-state index in [0.717, 1.165) is 23.7 Å². The third kappa shape index (κ3) is 2.45. The SMILES string of the molecule is CCC(CNC)n1cc(Cl)c(C)n1. The normalized spacial score (nSPS) is 13.2. The van der Waals surface area contributed by atoms with Gasteiger partial charge in [0.2, 0.25) is 0 Å². The molecule has 13 heavy (non-hydrogen) atoms. The van der Waals surface area contributed by atoms with Crippen molar-refractivity contribution in [2.24, 2.45) is 0 Å². The highest BCUT2D eigenvalue weighted by Crippen LogP contribution is 2.17. The Morgan fingerprint density at radius 3 is 2.77 bits per heavy atom. The molecule has 1 aromatic heterocycles. The van der Waals surface area contributed by atoms with Crippen LogP contribution in [0, 0.1) is 6.92 Å². The van der Waals surface area contributed by atoms with Crippen LogP contribution in [-0.2, 0) is 0 Å². The van der Waals surface area contributed by atoms with Crippen LogP contribution in [0.4, 0.5) is 0 Å². The summed E-state index contributed by atoms with van der Waals surface area (Å²) in [4.78, 5) is 0. The standard InChI is InChI=1S/C9H16ClN3/c1-4-8(5-11-3)13-6-9(10)7(2)12-13/h6,8,11H,4-5H2,1-3H3. The topological polar surface area (TPSA) is 29.9 Å². The third-order valence-electron chi connectivity index (χ3n) is 2.14. The summed E-state index contributed by atoms with van der Waals surface area (Å²) in [7, 11) is 1.95. The lowest BCUT2D eigenvalue weighted by atomic mass is 10.2. The summed E-state index contributed by atoms with van der Waals surface area (Å²) >= 11 is 5.93. The van der Waals surface area contributed by atoms with Crippen molar-refractivity contribution in [2.45, 2.75) is 26.3 Å². The molecule has 3 nitrogen and oxygen atoms in total. The molecule has 0 saturated heterocycles. The summed E-state index contributed by atoms with van der Waals surface area (Å²) in [6, 6.07) is 0.399. The maximum absolute atomic E-state index is 5.93. The second-order valence-corrected chi connectivity index (χ2v) is 3.57. The maximum atomic E-state index is 5.93. The Labute approximate surface area is 84.1 Å². The van der Waals surface area contributed by atoms with Crippen LogP contribution in [0.1, 0.15) is 25.1 Å². The molecule has 0 bridgehead atoms. The molecular formula is C9H16ClN3. The van der Waals surface area contributed by atoms with E-state index in [1.165, 1.54) is 0 Å². The second kappa shape index (κ2) is 4.63. The number of nitrogens with one attached hydrogen (secondary N) is 1. The average molecular weight is 202 g/mol. The van der Waals surface area contributed by atoms with Crippen LogP contribution >= 0.6 is 11.6 Å². The van der Waals surface area contributed by atoms with Crippen molar-refractivity contribution < 1.29 is 0 Å². The number of hydrogen-bond donors (Lipinski definition) is 1. The molecule has 0 amide bonds. The van der Waals surface area contributed by atoms with Crippen LogP contribution in [-0.4, -0.2) is 23.4 Å². The van der Waals surface area contributed by atoms with E-state index in [9.17, 15) is 0 Å². The van der Waals surface area contributed by atoms with Gasteiger partial charge in [-0.2, -0.15) is 5.10 Å². The summed E-state index contributed by atoms with van der Waals surface area (Å²) < 4.78 is 1.94. The van der Waals surface area contributed by atoms with Crippen LogP contribution in [0.2, 0.25) is 5.02 Å². The van der Waals surface area contributed by atoms with E-state index >= 15 is 0 Å². The van der Waals surface area contributed by atoms with Gasteiger partial charge >= 0.3 is 0 Å². The molecule has 0 saturated carbocycles. The molecule has 1 heterocycles. The van der Waals surface area contributed by atoms with Gasteiger partial charge in [0.05, 0.1) is 16.8 Å². The predicted molar refractivity (Wildman–Crippen MR) is 55.2 cm³/mol. The second-order valence-electron chi connectivity index (χ2n) is 3.16. The fourth-order valence-corrected chi connectivity index (χ4v) is 1.44. The predicted octanol–water partition coefficient (Wildman–Crippen LogP) is 2.02. The van der Waals surface area contributed by atoms with E-state index in [1.807, 2.05) is 24.9 Å². The first-order valence-corrected chi connectivity index (χ1v) is 4.92. The van der Waals surface area contributed by atoms with E-state index in [4.69, 9.17) is 11.6 Å². The van der Waals surface area contributed by atoms with E-state index in [1.54, 1.807) is 0 Å². The molecular weight excluding hydrogens is 186 g/mol. The lowest BCUT2D eigenvalue weighted by Crippen LogP contribution is -2.22. The molecule has 0 aliphatic carbocycles. The van der Waals surface area contributed by atoms with Gasteiger partial charge in [0.1, 0.15) is 0 Å². The highest BCUT2D eigenvalue weighted by atomic mass is 35.5. The van der Waals surface area contributed by atoms with Crippen molar-refractivity contribution in [3.8, 4) is 0 Å². The van der Waals surface area contributed by atoms with Crippen LogP contribution in [0.3, 0.4) is 0 Å². The van der Waals surface area contributed by atoms with Crippen molar-refractivity contribution in [3.05, 3.63) is 16.9 Å². The van der Waals surface area contributed by atoms with E-state index in [0.29, 0.717) is 6.04 Å². The molecule has 0 aromatic carbocycles. The smallest absolute Gasteiger partial charge is 0.0815 e. The van der Waals surface area contributed by atoms with Gasteiger partial charge in [-0.3, -0.25) is 4.68 Å². The number of aromatic nitrogens is 2. The molecule has 4 heteroatoms. The van der Waals surface area contributed by atoms with Crippen molar-refractivity contribution >= 4 is 11.6 Å². The first kappa shape index (κ1) is 10.5. The summed E-state index contributed by atoms with van der Waals surface area (Å²) in [5.74, 6) is 0. The molecule has 0 radical (unpaired) electrons. The molecule has 0 spiro atoms. The van der Waals surface area contributed by atoms with Crippen molar-refractivity contribution in [1.29, 1.82) is 0 Å². The summed E-state index contributed by atoms with van der Waals surface area (Å²) in [6.07, 6.45) is 2.95. The molecule has 1 aromatic rings. The Kier molecular flexibility index (Phi) is 3.75. The zero-order chi connectivity index (χ0) is 9.84. The maximum Gasteiger partial charge on any atom is 0.0815 e. The number of nitrogens with zero attached hydrogens (tertiary/aromatic N) is 2. The molecule has 1 N–H and O–H groups in total. The van der Waals surface area contributed by atoms with Crippen molar-refractivity contribution in [1.82, 2.24) is 15.1 Å². The van der Waals surface area contributed by atoms with Gasteiger partial charge in [0.25, 0.3) is 0 Å². The van der Waals surface area contributed by atoms with Gasteiger partial charge < -0.3 is 5.32 Å². The summed E-state index contributed by atoms with van der Waals surface area (Å²) in [6.45, 7) is 4.99.